The maximum atomic E-state index is 11.6. The lowest BCUT2D eigenvalue weighted by molar-refractivity contribution is 0.546. The van der Waals surface area contributed by atoms with Gasteiger partial charge in [-0.05, 0) is 25.8 Å². The summed E-state index contributed by atoms with van der Waals surface area (Å²) < 4.78 is 27.6. The molecule has 98 valence electrons. The molecule has 6 heteroatoms. The number of sulfonamides is 1. The molecule has 0 aliphatic carbocycles. The highest BCUT2D eigenvalue weighted by Crippen LogP contribution is 2.01. The van der Waals surface area contributed by atoms with Gasteiger partial charge in [0.15, 0.2) is 0 Å². The van der Waals surface area contributed by atoms with Gasteiger partial charge >= 0.3 is 0 Å². The Hall–Kier alpha value is -0.880. The van der Waals surface area contributed by atoms with Crippen molar-refractivity contribution in [2.45, 2.75) is 34.2 Å². The molecule has 0 saturated carbocycles. The van der Waals surface area contributed by atoms with E-state index in [9.17, 15) is 8.42 Å². The molecule has 5 nitrogen and oxygen atoms in total. The van der Waals surface area contributed by atoms with Crippen LogP contribution >= 0.6 is 0 Å². The van der Waals surface area contributed by atoms with E-state index in [1.807, 2.05) is 38.4 Å². The average molecular weight is 259 g/mol. The summed E-state index contributed by atoms with van der Waals surface area (Å²) in [5, 5.41) is 4.27. The molecule has 0 spiro atoms. The first-order valence-corrected chi connectivity index (χ1v) is 7.44. The molecule has 0 saturated heterocycles. The van der Waals surface area contributed by atoms with Gasteiger partial charge in [-0.3, -0.25) is 4.68 Å². The third-order valence-corrected chi connectivity index (χ3v) is 4.05. The first kappa shape index (κ1) is 14.2. The number of hydrogen-bond acceptors (Lipinski definition) is 3. The molecule has 1 aromatic heterocycles. The highest BCUT2D eigenvalue weighted by Gasteiger charge is 2.12. The van der Waals surface area contributed by atoms with Crippen LogP contribution in [0.3, 0.4) is 0 Å². The first-order valence-electron chi connectivity index (χ1n) is 5.78. The van der Waals surface area contributed by atoms with E-state index < -0.39 is 10.0 Å². The fourth-order valence-corrected chi connectivity index (χ4v) is 3.10. The van der Waals surface area contributed by atoms with E-state index in [0.29, 0.717) is 13.1 Å². The number of rotatable bonds is 6. The highest BCUT2D eigenvalue weighted by molar-refractivity contribution is 7.89. The first-order chi connectivity index (χ1) is 7.80. The predicted octanol–water partition coefficient (Wildman–Crippen LogP) is 1.08. The maximum absolute atomic E-state index is 11.6. The van der Waals surface area contributed by atoms with Crippen LogP contribution in [0.2, 0.25) is 0 Å². The molecule has 1 N–H and O–H groups in total. The Balaban J connectivity index is 2.45. The van der Waals surface area contributed by atoms with E-state index in [0.717, 1.165) is 11.4 Å². The van der Waals surface area contributed by atoms with Crippen molar-refractivity contribution in [1.29, 1.82) is 0 Å². The third kappa shape index (κ3) is 4.87. The van der Waals surface area contributed by atoms with Gasteiger partial charge in [0.1, 0.15) is 0 Å². The van der Waals surface area contributed by atoms with Crippen molar-refractivity contribution < 1.29 is 8.42 Å². The Morgan fingerprint density at radius 2 is 2.06 bits per heavy atom. The minimum atomic E-state index is -3.15. The molecular formula is C11H21N3O2S. The molecule has 0 radical (unpaired) electrons. The molecule has 0 aliphatic rings. The zero-order chi connectivity index (χ0) is 13.1. The van der Waals surface area contributed by atoms with Crippen molar-refractivity contribution >= 4 is 10.0 Å². The van der Waals surface area contributed by atoms with Crippen molar-refractivity contribution in [2.75, 3.05) is 12.3 Å². The third-order valence-electron chi connectivity index (χ3n) is 2.30. The molecule has 1 rings (SSSR count). The van der Waals surface area contributed by atoms with E-state index in [1.165, 1.54) is 0 Å². The summed E-state index contributed by atoms with van der Waals surface area (Å²) in [6.45, 7) is 8.61. The Bertz CT molecular complexity index is 463. The van der Waals surface area contributed by atoms with Crippen molar-refractivity contribution in [3.05, 3.63) is 17.5 Å². The summed E-state index contributed by atoms with van der Waals surface area (Å²) in [5.74, 6) is 0.311. The van der Waals surface area contributed by atoms with Crippen LogP contribution in [0.4, 0.5) is 0 Å². The summed E-state index contributed by atoms with van der Waals surface area (Å²) in [6, 6.07) is 1.97. The Morgan fingerprint density at radius 1 is 1.41 bits per heavy atom. The smallest absolute Gasteiger partial charge is 0.211 e. The fourth-order valence-electron chi connectivity index (χ4n) is 1.71. The fraction of sp³-hybridized carbons (Fsp3) is 0.727. The van der Waals surface area contributed by atoms with Crippen LogP contribution in [0.5, 0.6) is 0 Å². The number of aryl methyl sites for hydroxylation is 2. The van der Waals surface area contributed by atoms with E-state index >= 15 is 0 Å². The number of hydrogen-bond donors (Lipinski definition) is 1. The quantitative estimate of drug-likeness (QED) is 0.831. The van der Waals surface area contributed by atoms with Crippen LogP contribution in [0.25, 0.3) is 0 Å². The maximum Gasteiger partial charge on any atom is 0.211 e. The van der Waals surface area contributed by atoms with E-state index in [4.69, 9.17) is 0 Å². The van der Waals surface area contributed by atoms with Gasteiger partial charge in [0.25, 0.3) is 0 Å². The molecule has 0 aliphatic heterocycles. The Kier molecular flexibility index (Phi) is 4.70. The highest BCUT2D eigenvalue weighted by atomic mass is 32.2. The summed E-state index contributed by atoms with van der Waals surface area (Å²) in [5.41, 5.74) is 2.00. The lowest BCUT2D eigenvalue weighted by Gasteiger charge is -2.09. The van der Waals surface area contributed by atoms with Gasteiger partial charge in [0.2, 0.25) is 10.0 Å². The number of nitrogens with zero attached hydrogens (tertiary/aromatic N) is 2. The average Bonchev–Trinajstić information content (AvgIpc) is 2.42. The van der Waals surface area contributed by atoms with Crippen molar-refractivity contribution in [3.8, 4) is 0 Å². The second kappa shape index (κ2) is 5.64. The van der Waals surface area contributed by atoms with Crippen molar-refractivity contribution in [2.24, 2.45) is 5.92 Å². The van der Waals surface area contributed by atoms with Crippen LogP contribution in [0.1, 0.15) is 25.2 Å². The molecule has 0 bridgehead atoms. The molecule has 17 heavy (non-hydrogen) atoms. The standard InChI is InChI=1S/C11H21N3O2S/c1-9(2)8-17(15,16)12-5-6-14-11(4)7-10(3)13-14/h7,9,12H,5-6,8H2,1-4H3. The Labute approximate surface area is 103 Å². The van der Waals surface area contributed by atoms with E-state index in [2.05, 4.69) is 9.82 Å². The molecule has 0 aromatic carbocycles. The zero-order valence-corrected chi connectivity index (χ0v) is 11.7. The molecule has 1 heterocycles. The number of aromatic nitrogens is 2. The normalized spacial score (nSPS) is 12.3. The van der Waals surface area contributed by atoms with Crippen LogP contribution in [-0.4, -0.2) is 30.5 Å². The molecule has 0 atom stereocenters. The summed E-state index contributed by atoms with van der Waals surface area (Å²) in [7, 11) is -3.15. The molecule has 0 unspecified atom stereocenters. The summed E-state index contributed by atoms with van der Waals surface area (Å²) >= 11 is 0. The van der Waals surface area contributed by atoms with Gasteiger partial charge in [-0.15, -0.1) is 0 Å². The van der Waals surface area contributed by atoms with Crippen molar-refractivity contribution in [1.82, 2.24) is 14.5 Å². The van der Waals surface area contributed by atoms with Crippen molar-refractivity contribution in [3.63, 3.8) is 0 Å². The van der Waals surface area contributed by atoms with E-state index in [-0.39, 0.29) is 11.7 Å². The second-order valence-corrected chi connectivity index (χ2v) is 6.57. The summed E-state index contributed by atoms with van der Waals surface area (Å²) in [4.78, 5) is 0. The molecule has 1 aromatic rings. The van der Waals surface area contributed by atoms with E-state index in [1.54, 1.807) is 0 Å². The topological polar surface area (TPSA) is 64.0 Å². The largest absolute Gasteiger partial charge is 0.268 e. The monoisotopic (exact) mass is 259 g/mol. The Morgan fingerprint density at radius 3 is 2.53 bits per heavy atom. The van der Waals surface area contributed by atoms with Gasteiger partial charge in [-0.25, -0.2) is 13.1 Å². The summed E-state index contributed by atoms with van der Waals surface area (Å²) in [6.07, 6.45) is 0. The van der Waals surface area contributed by atoms with Gasteiger partial charge in [-0.1, -0.05) is 13.8 Å². The lowest BCUT2D eigenvalue weighted by atomic mass is 10.3. The molecular weight excluding hydrogens is 238 g/mol. The van der Waals surface area contributed by atoms with Crippen LogP contribution in [-0.2, 0) is 16.6 Å². The van der Waals surface area contributed by atoms with Crippen LogP contribution in [0.15, 0.2) is 6.07 Å². The SMILES string of the molecule is Cc1cc(C)n(CCNS(=O)(=O)CC(C)C)n1. The molecule has 0 fully saturated rings. The second-order valence-electron chi connectivity index (χ2n) is 4.72. The zero-order valence-electron chi connectivity index (χ0n) is 10.9. The van der Waals surface area contributed by atoms with Gasteiger partial charge in [0.05, 0.1) is 18.0 Å². The number of nitrogens with one attached hydrogen (secondary N) is 1. The van der Waals surface area contributed by atoms with Gasteiger partial charge < -0.3 is 0 Å². The minimum absolute atomic E-state index is 0.140. The van der Waals surface area contributed by atoms with Gasteiger partial charge in [0, 0.05) is 12.2 Å². The van der Waals surface area contributed by atoms with Crippen LogP contribution in [0, 0.1) is 19.8 Å². The predicted molar refractivity (Wildman–Crippen MR) is 68.3 cm³/mol. The molecule has 0 amide bonds. The lowest BCUT2D eigenvalue weighted by Crippen LogP contribution is -2.31. The van der Waals surface area contributed by atoms with Gasteiger partial charge in [-0.2, -0.15) is 5.10 Å². The minimum Gasteiger partial charge on any atom is -0.268 e. The van der Waals surface area contributed by atoms with Crippen LogP contribution < -0.4 is 4.72 Å².